The normalized spacial score (nSPS) is 21.2. The SMILES string of the molecule is CCC(CCO)OC(=O)OCN1C(=O)CCC(N2Cc3cc(N4CCC(C=O)CC4)ccc3C2=O)C1=O. The maximum absolute atomic E-state index is 13.2. The van der Waals surface area contributed by atoms with E-state index in [1.807, 2.05) is 12.1 Å². The third-order valence-electron chi connectivity index (χ3n) is 7.36. The average molecular weight is 516 g/mol. The number of aliphatic hydroxyl groups is 1. The van der Waals surface area contributed by atoms with Crippen molar-refractivity contribution in [3.8, 4) is 0 Å². The van der Waals surface area contributed by atoms with Gasteiger partial charge in [-0.2, -0.15) is 0 Å². The number of ether oxygens (including phenoxy) is 2. The topological polar surface area (TPSA) is 134 Å². The summed E-state index contributed by atoms with van der Waals surface area (Å²) >= 11 is 0. The van der Waals surface area contributed by atoms with Gasteiger partial charge in [0.25, 0.3) is 11.8 Å². The van der Waals surface area contributed by atoms with Crippen LogP contribution in [0.25, 0.3) is 0 Å². The van der Waals surface area contributed by atoms with Gasteiger partial charge < -0.3 is 29.2 Å². The number of rotatable bonds is 9. The van der Waals surface area contributed by atoms with Crippen molar-refractivity contribution in [3.05, 3.63) is 29.3 Å². The van der Waals surface area contributed by atoms with E-state index < -0.39 is 36.8 Å². The number of likely N-dealkylation sites (tertiary alicyclic amines) is 1. The van der Waals surface area contributed by atoms with E-state index >= 15 is 0 Å². The molecule has 0 radical (unpaired) electrons. The van der Waals surface area contributed by atoms with E-state index in [0.717, 1.165) is 48.4 Å². The lowest BCUT2D eigenvalue weighted by Crippen LogP contribution is -2.55. The van der Waals surface area contributed by atoms with Gasteiger partial charge in [-0.1, -0.05) is 6.92 Å². The predicted molar refractivity (Wildman–Crippen MR) is 130 cm³/mol. The summed E-state index contributed by atoms with van der Waals surface area (Å²) in [5, 5.41) is 9.03. The Morgan fingerprint density at radius 2 is 1.95 bits per heavy atom. The summed E-state index contributed by atoms with van der Waals surface area (Å²) in [5.41, 5.74) is 2.31. The first kappa shape index (κ1) is 26.6. The van der Waals surface area contributed by atoms with Crippen molar-refractivity contribution in [2.45, 2.75) is 64.1 Å². The van der Waals surface area contributed by atoms with Crippen LogP contribution in [0.5, 0.6) is 0 Å². The molecule has 3 aliphatic rings. The molecular weight excluding hydrogens is 482 g/mol. The van der Waals surface area contributed by atoms with Gasteiger partial charge in [-0.15, -0.1) is 0 Å². The Balaban J connectivity index is 1.39. The summed E-state index contributed by atoms with van der Waals surface area (Å²) in [5.74, 6) is -1.26. The molecule has 11 heteroatoms. The van der Waals surface area contributed by atoms with Crippen molar-refractivity contribution in [2.24, 2.45) is 5.92 Å². The number of amides is 3. The minimum atomic E-state index is -1.03. The van der Waals surface area contributed by atoms with Crippen LogP contribution in [0.4, 0.5) is 10.5 Å². The molecule has 1 N–H and O–H groups in total. The van der Waals surface area contributed by atoms with Crippen molar-refractivity contribution in [1.82, 2.24) is 9.80 Å². The zero-order chi connectivity index (χ0) is 26.5. The number of hydrogen-bond acceptors (Lipinski definition) is 9. The van der Waals surface area contributed by atoms with Gasteiger partial charge in [0.05, 0.1) is 0 Å². The Kier molecular flexibility index (Phi) is 8.42. The Morgan fingerprint density at radius 1 is 1.19 bits per heavy atom. The van der Waals surface area contributed by atoms with Gasteiger partial charge in [0.15, 0.2) is 6.73 Å². The molecule has 3 amide bonds. The van der Waals surface area contributed by atoms with E-state index in [1.54, 1.807) is 13.0 Å². The molecule has 2 unspecified atom stereocenters. The fourth-order valence-electron chi connectivity index (χ4n) is 5.10. The van der Waals surface area contributed by atoms with Crippen molar-refractivity contribution in [2.75, 3.05) is 31.3 Å². The summed E-state index contributed by atoms with van der Waals surface area (Å²) in [7, 11) is 0. The van der Waals surface area contributed by atoms with E-state index in [0.29, 0.717) is 12.0 Å². The molecule has 3 heterocycles. The summed E-state index contributed by atoms with van der Waals surface area (Å²) in [6, 6.07) is 4.77. The standard InChI is InChI=1S/C26H33N3O8/c1-2-20(9-12-30)37-26(35)36-16-29-23(32)6-5-22(25(29)34)28-14-18-13-19(3-4-21(18)24(28)33)27-10-7-17(15-31)8-11-27/h3-4,13,15,17,20,22,30H,2,5-12,14,16H2,1H3. The Labute approximate surface area is 215 Å². The van der Waals surface area contributed by atoms with E-state index in [1.165, 1.54) is 4.90 Å². The van der Waals surface area contributed by atoms with E-state index in [4.69, 9.17) is 14.6 Å². The Bertz CT molecular complexity index is 1050. The molecule has 37 heavy (non-hydrogen) atoms. The van der Waals surface area contributed by atoms with Crippen LogP contribution in [-0.4, -0.2) is 83.6 Å². The van der Waals surface area contributed by atoms with Gasteiger partial charge in [0.2, 0.25) is 5.91 Å². The smallest absolute Gasteiger partial charge is 0.431 e. The molecular formula is C26H33N3O8. The summed E-state index contributed by atoms with van der Waals surface area (Å²) < 4.78 is 10.1. The van der Waals surface area contributed by atoms with Crippen molar-refractivity contribution in [1.29, 1.82) is 0 Å². The zero-order valence-electron chi connectivity index (χ0n) is 21.0. The number of hydrogen-bond donors (Lipinski definition) is 1. The third kappa shape index (κ3) is 5.76. The highest BCUT2D eigenvalue weighted by Crippen LogP contribution is 2.32. The molecule has 0 bridgehead atoms. The predicted octanol–water partition coefficient (Wildman–Crippen LogP) is 1.85. The highest BCUT2D eigenvalue weighted by atomic mass is 16.7. The second kappa shape index (κ2) is 11.7. The first-order valence-electron chi connectivity index (χ1n) is 12.8. The van der Waals surface area contributed by atoms with Gasteiger partial charge in [-0.25, -0.2) is 9.69 Å². The molecule has 0 aromatic heterocycles. The van der Waals surface area contributed by atoms with Gasteiger partial charge in [-0.3, -0.25) is 14.4 Å². The van der Waals surface area contributed by atoms with Crippen LogP contribution in [-0.2, 0) is 30.4 Å². The van der Waals surface area contributed by atoms with Crippen LogP contribution < -0.4 is 4.90 Å². The number of nitrogens with zero attached hydrogens (tertiary/aromatic N) is 3. The molecule has 2 saturated heterocycles. The molecule has 0 aliphatic carbocycles. The monoisotopic (exact) mass is 515 g/mol. The molecule has 2 atom stereocenters. The highest BCUT2D eigenvalue weighted by Gasteiger charge is 2.43. The Morgan fingerprint density at radius 3 is 2.62 bits per heavy atom. The lowest BCUT2D eigenvalue weighted by atomic mass is 9.97. The molecule has 3 aliphatic heterocycles. The van der Waals surface area contributed by atoms with E-state index in [9.17, 15) is 24.0 Å². The number of aldehydes is 1. The van der Waals surface area contributed by atoms with Gasteiger partial charge in [0, 0.05) is 56.3 Å². The van der Waals surface area contributed by atoms with Crippen LogP contribution >= 0.6 is 0 Å². The highest BCUT2D eigenvalue weighted by molar-refractivity contribution is 6.05. The molecule has 0 saturated carbocycles. The van der Waals surface area contributed by atoms with E-state index in [-0.39, 0.29) is 44.2 Å². The maximum Gasteiger partial charge on any atom is 0.510 e. The third-order valence-corrected chi connectivity index (χ3v) is 7.36. The van der Waals surface area contributed by atoms with Crippen LogP contribution in [0.15, 0.2) is 18.2 Å². The number of carbonyl (C=O) groups is 5. The number of aliphatic hydroxyl groups excluding tert-OH is 1. The molecule has 11 nitrogen and oxygen atoms in total. The lowest BCUT2D eigenvalue weighted by Gasteiger charge is -2.35. The summed E-state index contributed by atoms with van der Waals surface area (Å²) in [6.07, 6.45) is 2.01. The fourth-order valence-corrected chi connectivity index (χ4v) is 5.10. The largest absolute Gasteiger partial charge is 0.510 e. The number of carbonyl (C=O) groups excluding carboxylic acids is 5. The number of benzene rings is 1. The average Bonchev–Trinajstić information content (AvgIpc) is 3.23. The van der Waals surface area contributed by atoms with Crippen LogP contribution in [0.2, 0.25) is 0 Å². The first-order chi connectivity index (χ1) is 17.9. The molecule has 1 aromatic rings. The van der Waals surface area contributed by atoms with Gasteiger partial charge in [-0.05, 0) is 49.4 Å². The van der Waals surface area contributed by atoms with E-state index in [2.05, 4.69) is 4.90 Å². The molecule has 0 spiro atoms. The second-order valence-electron chi connectivity index (χ2n) is 9.63. The maximum atomic E-state index is 13.2. The second-order valence-corrected chi connectivity index (χ2v) is 9.63. The molecule has 200 valence electrons. The summed E-state index contributed by atoms with van der Waals surface area (Å²) in [4.78, 5) is 66.4. The summed E-state index contributed by atoms with van der Waals surface area (Å²) in [6.45, 7) is 2.81. The van der Waals surface area contributed by atoms with Gasteiger partial charge >= 0.3 is 6.16 Å². The van der Waals surface area contributed by atoms with Crippen LogP contribution in [0.3, 0.4) is 0 Å². The minimum Gasteiger partial charge on any atom is -0.431 e. The molecule has 1 aromatic carbocycles. The number of imide groups is 1. The minimum absolute atomic E-state index is 0.0357. The first-order valence-corrected chi connectivity index (χ1v) is 12.8. The van der Waals surface area contributed by atoms with Crippen LogP contribution in [0, 0.1) is 5.92 Å². The fraction of sp³-hybridized carbons (Fsp3) is 0.577. The van der Waals surface area contributed by atoms with Crippen molar-refractivity contribution < 1.29 is 38.6 Å². The van der Waals surface area contributed by atoms with Crippen molar-refractivity contribution >= 4 is 35.9 Å². The Hall–Kier alpha value is -3.47. The zero-order valence-corrected chi connectivity index (χ0v) is 21.0. The van der Waals surface area contributed by atoms with Gasteiger partial charge in [0.1, 0.15) is 18.4 Å². The van der Waals surface area contributed by atoms with Crippen molar-refractivity contribution in [3.63, 3.8) is 0 Å². The number of piperidine rings is 2. The van der Waals surface area contributed by atoms with Crippen LogP contribution in [0.1, 0.15) is 61.4 Å². The molecule has 2 fully saturated rings. The number of fused-ring (bicyclic) bond motifs is 1. The molecule has 4 rings (SSSR count). The quantitative estimate of drug-likeness (QED) is 0.297. The lowest BCUT2D eigenvalue weighted by molar-refractivity contribution is -0.157. The number of anilines is 1.